The third-order valence-corrected chi connectivity index (χ3v) is 5.14. The Bertz CT molecular complexity index is 1240. The summed E-state index contributed by atoms with van der Waals surface area (Å²) in [7, 11) is 1.07. The van der Waals surface area contributed by atoms with Crippen molar-refractivity contribution in [1.29, 1.82) is 0 Å². The van der Waals surface area contributed by atoms with Crippen molar-refractivity contribution >= 4 is 17.8 Å². The van der Waals surface area contributed by atoms with Gasteiger partial charge in [-0.3, -0.25) is 0 Å². The van der Waals surface area contributed by atoms with Gasteiger partial charge >= 0.3 is 24.2 Å². The van der Waals surface area contributed by atoms with Crippen LogP contribution in [0.2, 0.25) is 5.15 Å². The maximum Gasteiger partial charge on any atom is 0.513 e. The molecule has 0 aliphatic rings. The van der Waals surface area contributed by atoms with E-state index in [-0.39, 0.29) is 39.0 Å². The van der Waals surface area contributed by atoms with Crippen LogP contribution in [0.5, 0.6) is 5.75 Å². The number of pyridine rings is 1. The molecule has 3 rings (SSSR count). The molecule has 0 aliphatic carbocycles. The second kappa shape index (κ2) is 8.98. The van der Waals surface area contributed by atoms with Crippen molar-refractivity contribution in [2.24, 2.45) is 0 Å². The van der Waals surface area contributed by atoms with Gasteiger partial charge < -0.3 is 9.47 Å². The normalized spacial score (nSPS) is 12.5. The summed E-state index contributed by atoms with van der Waals surface area (Å²) in [6.07, 6.45) is -11.0. The van der Waals surface area contributed by atoms with Crippen molar-refractivity contribution < 1.29 is 45.0 Å². The molecule has 35 heavy (non-hydrogen) atoms. The molecule has 0 unspecified atom stereocenters. The number of carbonyl (C=O) groups excluding carboxylic acids is 1. The van der Waals surface area contributed by atoms with E-state index in [1.807, 2.05) is 0 Å². The Hall–Kier alpha value is -3.42. The Balaban J connectivity index is 2.05. The summed E-state index contributed by atoms with van der Waals surface area (Å²) in [6, 6.07) is 2.20. The first kappa shape index (κ1) is 26.2. The molecule has 0 atom stereocenters. The van der Waals surface area contributed by atoms with Crippen LogP contribution < -0.4 is 4.74 Å². The molecule has 188 valence electrons. The standard InChI is InChI=1S/C20H14ClF7N4O3/c1-9-4-12(18(22,19(23,24)25)20(26,27)28)5-10(2)15(9)32-8-13(30-31-32)11-6-14(16(21)29-7-11)35-17(33)34-3/h4-8H,1-3H3. The van der Waals surface area contributed by atoms with Crippen LogP contribution in [0.4, 0.5) is 35.5 Å². The van der Waals surface area contributed by atoms with E-state index < -0.39 is 29.7 Å². The van der Waals surface area contributed by atoms with Gasteiger partial charge in [0.1, 0.15) is 5.69 Å². The number of aromatic nitrogens is 4. The fourth-order valence-corrected chi connectivity index (χ4v) is 3.42. The molecule has 2 heterocycles. The highest BCUT2D eigenvalue weighted by molar-refractivity contribution is 6.31. The Kier molecular flexibility index (Phi) is 6.72. The zero-order valence-electron chi connectivity index (χ0n) is 17.9. The number of nitrogens with zero attached hydrogens (tertiary/aromatic N) is 4. The van der Waals surface area contributed by atoms with Gasteiger partial charge in [0.2, 0.25) is 0 Å². The van der Waals surface area contributed by atoms with Gasteiger partial charge in [0.25, 0.3) is 0 Å². The maximum atomic E-state index is 14.5. The number of hydrogen-bond acceptors (Lipinski definition) is 6. The molecule has 0 saturated carbocycles. The highest BCUT2D eigenvalue weighted by atomic mass is 35.5. The maximum absolute atomic E-state index is 14.5. The smallest absolute Gasteiger partial charge is 0.437 e. The molecule has 0 N–H and O–H groups in total. The first-order chi connectivity index (χ1) is 16.1. The van der Waals surface area contributed by atoms with E-state index in [2.05, 4.69) is 20.0 Å². The first-order valence-corrected chi connectivity index (χ1v) is 9.76. The molecule has 15 heteroatoms. The van der Waals surface area contributed by atoms with E-state index in [1.165, 1.54) is 32.3 Å². The Morgan fingerprint density at radius 2 is 1.57 bits per heavy atom. The highest BCUT2D eigenvalue weighted by Gasteiger charge is 2.73. The minimum absolute atomic E-state index is 0.0761. The molecule has 3 aromatic rings. The number of aryl methyl sites for hydroxylation is 2. The van der Waals surface area contributed by atoms with Gasteiger partial charge in [0, 0.05) is 17.3 Å². The lowest BCUT2D eigenvalue weighted by atomic mass is 9.90. The lowest BCUT2D eigenvalue weighted by Gasteiger charge is -2.31. The molecular weight excluding hydrogens is 513 g/mol. The van der Waals surface area contributed by atoms with Gasteiger partial charge in [-0.2, -0.15) is 26.3 Å². The summed E-state index contributed by atoms with van der Waals surface area (Å²) in [6.45, 7) is 2.40. The number of halogens is 8. The Morgan fingerprint density at radius 3 is 2.09 bits per heavy atom. The van der Waals surface area contributed by atoms with Gasteiger partial charge in [-0.25, -0.2) is 18.9 Å². The van der Waals surface area contributed by atoms with Gasteiger partial charge in [-0.05, 0) is 31.0 Å². The molecule has 0 amide bonds. The number of hydrogen-bond donors (Lipinski definition) is 0. The molecule has 0 radical (unpaired) electrons. The molecule has 0 bridgehead atoms. The number of alkyl halides is 7. The fraction of sp³-hybridized carbons (Fsp3) is 0.300. The average Bonchev–Trinajstić information content (AvgIpc) is 3.22. The third-order valence-electron chi connectivity index (χ3n) is 4.86. The van der Waals surface area contributed by atoms with Gasteiger partial charge in [-0.15, -0.1) is 5.10 Å². The molecule has 0 spiro atoms. The second-order valence-corrected chi connectivity index (χ2v) is 7.59. The van der Waals surface area contributed by atoms with E-state index in [9.17, 15) is 35.5 Å². The van der Waals surface area contributed by atoms with Crippen LogP contribution in [0, 0.1) is 13.8 Å². The monoisotopic (exact) mass is 526 g/mol. The second-order valence-electron chi connectivity index (χ2n) is 7.23. The molecule has 0 aliphatic heterocycles. The summed E-state index contributed by atoms with van der Waals surface area (Å²) in [4.78, 5) is 15.2. The topological polar surface area (TPSA) is 79.1 Å². The number of carbonyl (C=O) groups is 1. The van der Waals surface area contributed by atoms with E-state index >= 15 is 0 Å². The van der Waals surface area contributed by atoms with Gasteiger partial charge in [-0.1, -0.05) is 28.9 Å². The quantitative estimate of drug-likeness (QED) is 0.234. The van der Waals surface area contributed by atoms with Crippen LogP contribution in [-0.2, 0) is 10.4 Å². The van der Waals surface area contributed by atoms with E-state index in [0.29, 0.717) is 12.1 Å². The van der Waals surface area contributed by atoms with Crippen molar-refractivity contribution in [3.8, 4) is 22.7 Å². The van der Waals surface area contributed by atoms with Crippen LogP contribution in [0.25, 0.3) is 16.9 Å². The summed E-state index contributed by atoms with van der Waals surface area (Å²) >= 11 is 5.87. The lowest BCUT2D eigenvalue weighted by Crippen LogP contribution is -2.50. The van der Waals surface area contributed by atoms with Crippen LogP contribution in [0.1, 0.15) is 16.7 Å². The number of methoxy groups -OCH3 is 1. The zero-order chi connectivity index (χ0) is 26.3. The number of rotatable bonds is 4. The van der Waals surface area contributed by atoms with E-state index in [0.717, 1.165) is 11.8 Å². The molecule has 1 aromatic carbocycles. The Morgan fingerprint density at radius 1 is 1.00 bits per heavy atom. The summed E-state index contributed by atoms with van der Waals surface area (Å²) in [5.74, 6) is -0.166. The first-order valence-electron chi connectivity index (χ1n) is 9.38. The molecular formula is C20H14ClF7N4O3. The number of benzene rings is 1. The van der Waals surface area contributed by atoms with Gasteiger partial charge in [0.15, 0.2) is 10.9 Å². The molecule has 0 fully saturated rings. The molecule has 2 aromatic heterocycles. The predicted molar refractivity (Wildman–Crippen MR) is 107 cm³/mol. The summed E-state index contributed by atoms with van der Waals surface area (Å²) in [5, 5.41) is 7.56. The Labute approximate surface area is 197 Å². The number of ether oxygens (including phenoxy) is 2. The molecule has 0 saturated heterocycles. The van der Waals surface area contributed by atoms with Crippen LogP contribution in [-0.4, -0.2) is 45.6 Å². The predicted octanol–water partition coefficient (Wildman–Crippen LogP) is 6.03. The van der Waals surface area contributed by atoms with Crippen molar-refractivity contribution in [1.82, 2.24) is 20.0 Å². The largest absolute Gasteiger partial charge is 0.513 e. The van der Waals surface area contributed by atoms with Gasteiger partial charge in [0.05, 0.1) is 19.0 Å². The SMILES string of the molecule is COC(=O)Oc1cc(-c2cn(-c3c(C)cc(C(F)(C(F)(F)F)C(F)(F)F)cc3C)nn2)cnc1Cl. The van der Waals surface area contributed by atoms with Crippen molar-refractivity contribution in [3.05, 3.63) is 52.4 Å². The average molecular weight is 527 g/mol. The van der Waals surface area contributed by atoms with E-state index in [4.69, 9.17) is 16.3 Å². The van der Waals surface area contributed by atoms with Crippen LogP contribution in [0.3, 0.4) is 0 Å². The highest BCUT2D eigenvalue weighted by Crippen LogP contribution is 2.53. The van der Waals surface area contributed by atoms with E-state index in [1.54, 1.807) is 0 Å². The third kappa shape index (κ3) is 4.74. The summed E-state index contributed by atoms with van der Waals surface area (Å²) in [5.41, 5.74) is -6.96. The molecule has 7 nitrogen and oxygen atoms in total. The summed E-state index contributed by atoms with van der Waals surface area (Å²) < 4.78 is 104. The van der Waals surface area contributed by atoms with Crippen molar-refractivity contribution in [3.63, 3.8) is 0 Å². The van der Waals surface area contributed by atoms with Crippen LogP contribution >= 0.6 is 11.6 Å². The van der Waals surface area contributed by atoms with Crippen LogP contribution in [0.15, 0.2) is 30.6 Å². The fourth-order valence-electron chi connectivity index (χ4n) is 3.28. The minimum atomic E-state index is -6.24. The van der Waals surface area contributed by atoms with Crippen molar-refractivity contribution in [2.45, 2.75) is 31.9 Å². The zero-order valence-corrected chi connectivity index (χ0v) is 18.7. The minimum Gasteiger partial charge on any atom is -0.437 e. The lowest BCUT2D eigenvalue weighted by molar-refractivity contribution is -0.348. The van der Waals surface area contributed by atoms with Crippen molar-refractivity contribution in [2.75, 3.05) is 7.11 Å².